The number of aryl methyl sites for hydroxylation is 1. The van der Waals surface area contributed by atoms with Crippen LogP contribution in [0.1, 0.15) is 56.4 Å². The Kier molecular flexibility index (Phi) is 9.77. The van der Waals surface area contributed by atoms with E-state index in [-0.39, 0.29) is 24.5 Å². The molecule has 0 aliphatic carbocycles. The van der Waals surface area contributed by atoms with Crippen molar-refractivity contribution in [1.82, 2.24) is 20.2 Å². The van der Waals surface area contributed by atoms with Crippen LogP contribution < -0.4 is 21.1 Å². The van der Waals surface area contributed by atoms with Crippen molar-refractivity contribution in [1.29, 1.82) is 0 Å². The maximum atomic E-state index is 13.1. The molecule has 2 amide bonds. The molecular weight excluding hydrogens is 518 g/mol. The monoisotopic (exact) mass is 555 g/mol. The van der Waals surface area contributed by atoms with Crippen molar-refractivity contribution in [2.24, 2.45) is 12.8 Å². The average Bonchev–Trinajstić information content (AvgIpc) is 3.25. The fourth-order valence-electron chi connectivity index (χ4n) is 4.09. The van der Waals surface area contributed by atoms with Crippen molar-refractivity contribution in [3.8, 4) is 17.0 Å². The van der Waals surface area contributed by atoms with Crippen molar-refractivity contribution < 1.29 is 19.4 Å². The number of aromatic nitrogens is 2. The predicted molar refractivity (Wildman–Crippen MR) is 153 cm³/mol. The van der Waals surface area contributed by atoms with Crippen molar-refractivity contribution >= 4 is 23.4 Å². The van der Waals surface area contributed by atoms with Crippen LogP contribution in [0.4, 0.5) is 0 Å². The van der Waals surface area contributed by atoms with Crippen molar-refractivity contribution in [2.75, 3.05) is 6.54 Å². The molecular formula is C29H38ClN5O4. The van der Waals surface area contributed by atoms with E-state index in [9.17, 15) is 14.7 Å². The highest BCUT2D eigenvalue weighted by Gasteiger charge is 2.23. The highest BCUT2D eigenvalue weighted by atomic mass is 35.5. The molecule has 1 aromatic heterocycles. The summed E-state index contributed by atoms with van der Waals surface area (Å²) in [5, 5.41) is 16.5. The fourth-order valence-corrected chi connectivity index (χ4v) is 4.31. The van der Waals surface area contributed by atoms with Gasteiger partial charge in [0.2, 0.25) is 5.91 Å². The second-order valence-corrected chi connectivity index (χ2v) is 10.9. The number of halogens is 1. The number of amides is 2. The Bertz CT molecular complexity index is 1300. The topological polar surface area (TPSA) is 132 Å². The summed E-state index contributed by atoms with van der Waals surface area (Å²) in [5.41, 5.74) is 7.62. The molecule has 2 atom stereocenters. The Morgan fingerprint density at radius 1 is 1.15 bits per heavy atom. The first-order valence-electron chi connectivity index (χ1n) is 12.9. The van der Waals surface area contributed by atoms with Crippen molar-refractivity contribution in [2.45, 2.75) is 64.8 Å². The van der Waals surface area contributed by atoms with Crippen molar-refractivity contribution in [3.63, 3.8) is 0 Å². The minimum Gasteiger partial charge on any atom is -0.489 e. The first-order valence-corrected chi connectivity index (χ1v) is 13.3. The molecule has 0 aliphatic heterocycles. The van der Waals surface area contributed by atoms with Gasteiger partial charge in [0, 0.05) is 30.9 Å². The van der Waals surface area contributed by atoms with Gasteiger partial charge in [-0.1, -0.05) is 35.9 Å². The van der Waals surface area contributed by atoms with Crippen LogP contribution in [0.25, 0.3) is 11.3 Å². The van der Waals surface area contributed by atoms with E-state index in [1.165, 1.54) is 0 Å². The molecule has 0 fully saturated rings. The van der Waals surface area contributed by atoms with E-state index in [2.05, 4.69) is 15.6 Å². The number of aliphatic hydroxyl groups is 1. The van der Waals surface area contributed by atoms with E-state index in [4.69, 9.17) is 22.1 Å². The summed E-state index contributed by atoms with van der Waals surface area (Å²) in [6, 6.07) is 11.6. The molecule has 3 aromatic rings. The van der Waals surface area contributed by atoms with Crippen LogP contribution in [0, 0.1) is 0 Å². The van der Waals surface area contributed by atoms with E-state index in [1.807, 2.05) is 55.9 Å². The number of rotatable bonds is 11. The molecule has 0 saturated carbocycles. The molecule has 9 nitrogen and oxygen atoms in total. The number of ether oxygens (including phenoxy) is 1. The van der Waals surface area contributed by atoms with Crippen LogP contribution in [-0.4, -0.2) is 51.2 Å². The van der Waals surface area contributed by atoms with Gasteiger partial charge in [-0.3, -0.25) is 9.59 Å². The van der Waals surface area contributed by atoms with Crippen LogP contribution in [0.15, 0.2) is 48.7 Å². The zero-order valence-corrected chi connectivity index (χ0v) is 24.0. The zero-order chi connectivity index (χ0) is 28.9. The SMILES string of the molecule is CC(C)Oc1ccc(C(=O)N[C@H](CNC(=O)[C@@H](C)N)Cc2ccc(-c3cn(C)c(C(C)(C)O)n3)cc2)cc1Cl. The highest BCUT2D eigenvalue weighted by molar-refractivity contribution is 6.32. The van der Waals surface area contributed by atoms with Crippen molar-refractivity contribution in [3.05, 3.63) is 70.6 Å². The summed E-state index contributed by atoms with van der Waals surface area (Å²) >= 11 is 6.33. The van der Waals surface area contributed by atoms with E-state index >= 15 is 0 Å². The Morgan fingerprint density at radius 2 is 1.82 bits per heavy atom. The summed E-state index contributed by atoms with van der Waals surface area (Å²) in [5.74, 6) is 0.447. The number of nitrogens with two attached hydrogens (primary N) is 1. The van der Waals surface area contributed by atoms with Gasteiger partial charge in [0.15, 0.2) is 0 Å². The normalized spacial score (nSPS) is 13.2. The third kappa shape index (κ3) is 8.29. The molecule has 0 saturated heterocycles. The largest absolute Gasteiger partial charge is 0.489 e. The number of nitrogens with zero attached hydrogens (tertiary/aromatic N) is 2. The first kappa shape index (κ1) is 30.1. The molecule has 3 rings (SSSR count). The van der Waals surface area contributed by atoms with Gasteiger partial charge in [-0.2, -0.15) is 0 Å². The van der Waals surface area contributed by atoms with Crippen LogP contribution in [0.5, 0.6) is 5.75 Å². The third-order valence-corrected chi connectivity index (χ3v) is 6.28. The fraction of sp³-hybridized carbons (Fsp3) is 0.414. The zero-order valence-electron chi connectivity index (χ0n) is 23.3. The number of benzene rings is 2. The summed E-state index contributed by atoms with van der Waals surface area (Å²) in [4.78, 5) is 29.8. The van der Waals surface area contributed by atoms with Crippen LogP contribution in [0.2, 0.25) is 5.02 Å². The lowest BCUT2D eigenvalue weighted by Gasteiger charge is -2.21. The Balaban J connectivity index is 1.76. The van der Waals surface area contributed by atoms with Gasteiger partial charge in [-0.15, -0.1) is 0 Å². The predicted octanol–water partition coefficient (Wildman–Crippen LogP) is 3.56. The first-order chi connectivity index (χ1) is 18.2. The van der Waals surface area contributed by atoms with Gasteiger partial charge in [-0.25, -0.2) is 4.98 Å². The van der Waals surface area contributed by atoms with E-state index in [0.717, 1.165) is 16.8 Å². The number of hydrogen-bond donors (Lipinski definition) is 4. The third-order valence-electron chi connectivity index (χ3n) is 5.98. The summed E-state index contributed by atoms with van der Waals surface area (Å²) < 4.78 is 7.46. The molecule has 10 heteroatoms. The molecule has 2 aromatic carbocycles. The number of nitrogens with one attached hydrogen (secondary N) is 2. The lowest BCUT2D eigenvalue weighted by molar-refractivity contribution is -0.122. The molecule has 5 N–H and O–H groups in total. The second-order valence-electron chi connectivity index (χ2n) is 10.5. The molecule has 0 unspecified atom stereocenters. The molecule has 1 heterocycles. The molecule has 210 valence electrons. The molecule has 0 bridgehead atoms. The lowest BCUT2D eigenvalue weighted by Crippen LogP contribution is -2.48. The smallest absolute Gasteiger partial charge is 0.251 e. The molecule has 39 heavy (non-hydrogen) atoms. The number of carbonyl (C=O) groups excluding carboxylic acids is 2. The van der Waals surface area contributed by atoms with Gasteiger partial charge in [0.25, 0.3) is 5.91 Å². The van der Waals surface area contributed by atoms with E-state index in [1.54, 1.807) is 39.0 Å². The Hall–Kier alpha value is -3.40. The summed E-state index contributed by atoms with van der Waals surface area (Å²) in [6.07, 6.45) is 2.29. The number of carbonyl (C=O) groups is 2. The van der Waals surface area contributed by atoms with Crippen LogP contribution in [-0.2, 0) is 23.9 Å². The van der Waals surface area contributed by atoms with Gasteiger partial charge >= 0.3 is 0 Å². The lowest BCUT2D eigenvalue weighted by atomic mass is 10.0. The van der Waals surface area contributed by atoms with Gasteiger partial charge in [-0.05, 0) is 64.8 Å². The standard InChI is InChI=1S/C29H38ClN5O4/c1-17(2)39-25-12-11-21(14-23(25)30)27(37)33-22(15-32-26(36)18(3)31)13-19-7-9-20(10-8-19)24-16-35(6)28(34-24)29(4,5)38/h7-12,14,16-18,22,38H,13,15,31H2,1-6H3,(H,32,36)(H,33,37)/t18-,22+/m1/s1. The van der Waals surface area contributed by atoms with Gasteiger partial charge in [0.05, 0.1) is 28.9 Å². The molecule has 0 aliphatic rings. The quantitative estimate of drug-likeness (QED) is 0.286. The van der Waals surface area contributed by atoms with Crippen LogP contribution in [0.3, 0.4) is 0 Å². The second kappa shape index (κ2) is 12.6. The molecule has 0 radical (unpaired) electrons. The van der Waals surface area contributed by atoms with Gasteiger partial charge in [0.1, 0.15) is 17.2 Å². The van der Waals surface area contributed by atoms with E-state index < -0.39 is 17.7 Å². The minimum absolute atomic E-state index is 0.0484. The number of imidazole rings is 1. The van der Waals surface area contributed by atoms with Gasteiger partial charge < -0.3 is 30.8 Å². The number of hydrogen-bond acceptors (Lipinski definition) is 6. The van der Waals surface area contributed by atoms with E-state index in [0.29, 0.717) is 28.6 Å². The van der Waals surface area contributed by atoms with Crippen LogP contribution >= 0.6 is 11.6 Å². The Labute approximate surface area is 234 Å². The summed E-state index contributed by atoms with van der Waals surface area (Å²) in [7, 11) is 1.85. The Morgan fingerprint density at radius 3 is 2.36 bits per heavy atom. The average molecular weight is 556 g/mol. The highest BCUT2D eigenvalue weighted by Crippen LogP contribution is 2.27. The molecule has 0 spiro atoms. The maximum Gasteiger partial charge on any atom is 0.251 e. The minimum atomic E-state index is -1.06. The maximum absolute atomic E-state index is 13.1. The summed E-state index contributed by atoms with van der Waals surface area (Å²) in [6.45, 7) is 8.99.